The van der Waals surface area contributed by atoms with E-state index in [0.29, 0.717) is 18.6 Å². The molecular formula is C15H22N2O2. The molecule has 1 rings (SSSR count). The van der Waals surface area contributed by atoms with Crippen molar-refractivity contribution in [1.82, 2.24) is 0 Å². The van der Waals surface area contributed by atoms with E-state index in [-0.39, 0.29) is 11.8 Å². The van der Waals surface area contributed by atoms with Crippen LogP contribution in [0.3, 0.4) is 0 Å². The fourth-order valence-corrected chi connectivity index (χ4v) is 1.77. The molecule has 19 heavy (non-hydrogen) atoms. The van der Waals surface area contributed by atoms with Crippen LogP contribution in [0.25, 0.3) is 0 Å². The van der Waals surface area contributed by atoms with Crippen molar-refractivity contribution in [3.63, 3.8) is 0 Å². The number of nitrogens with one attached hydrogen (secondary N) is 1. The molecule has 0 bridgehead atoms. The van der Waals surface area contributed by atoms with Gasteiger partial charge in [-0.2, -0.15) is 0 Å². The highest BCUT2D eigenvalue weighted by molar-refractivity contribution is 5.89. The first-order chi connectivity index (χ1) is 9.20. The van der Waals surface area contributed by atoms with Crippen LogP contribution in [0.15, 0.2) is 30.3 Å². The van der Waals surface area contributed by atoms with E-state index in [9.17, 15) is 4.79 Å². The zero-order chi connectivity index (χ0) is 13.9. The average Bonchev–Trinajstić information content (AvgIpc) is 2.42. The van der Waals surface area contributed by atoms with E-state index in [2.05, 4.69) is 0 Å². The van der Waals surface area contributed by atoms with E-state index in [1.54, 1.807) is 12.1 Å². The van der Waals surface area contributed by atoms with Crippen molar-refractivity contribution in [1.29, 1.82) is 5.41 Å². The molecule has 3 N–H and O–H groups in total. The summed E-state index contributed by atoms with van der Waals surface area (Å²) in [6.07, 6.45) is 5.75. The van der Waals surface area contributed by atoms with Crippen LogP contribution < -0.4 is 5.73 Å². The van der Waals surface area contributed by atoms with Crippen LogP contribution in [-0.4, -0.2) is 18.4 Å². The van der Waals surface area contributed by atoms with Crippen LogP contribution in [-0.2, 0) is 4.74 Å². The molecule has 0 aromatic heterocycles. The van der Waals surface area contributed by atoms with Gasteiger partial charge in [0, 0.05) is 6.42 Å². The summed E-state index contributed by atoms with van der Waals surface area (Å²) in [5.41, 5.74) is 5.87. The molecule has 1 aromatic carbocycles. The lowest BCUT2D eigenvalue weighted by Crippen LogP contribution is -2.08. The topological polar surface area (TPSA) is 76.2 Å². The highest BCUT2D eigenvalue weighted by atomic mass is 16.5. The van der Waals surface area contributed by atoms with Gasteiger partial charge in [-0.3, -0.25) is 5.41 Å². The smallest absolute Gasteiger partial charge is 0.338 e. The first-order valence-electron chi connectivity index (χ1n) is 6.75. The van der Waals surface area contributed by atoms with Gasteiger partial charge in [0.2, 0.25) is 0 Å². The first kappa shape index (κ1) is 15.2. The van der Waals surface area contributed by atoms with Crippen LogP contribution >= 0.6 is 0 Å². The lowest BCUT2D eigenvalue weighted by atomic mass is 10.1. The molecule has 0 saturated carbocycles. The lowest BCUT2D eigenvalue weighted by Gasteiger charge is -2.04. The Morgan fingerprint density at radius 2 is 1.68 bits per heavy atom. The second-order valence-corrected chi connectivity index (χ2v) is 4.54. The maximum absolute atomic E-state index is 11.6. The van der Waals surface area contributed by atoms with E-state index in [1.165, 1.54) is 0 Å². The third-order valence-corrected chi connectivity index (χ3v) is 2.83. The number of ether oxygens (including phenoxy) is 1. The van der Waals surface area contributed by atoms with Crippen LogP contribution in [0, 0.1) is 5.41 Å². The van der Waals surface area contributed by atoms with Gasteiger partial charge in [0.1, 0.15) is 0 Å². The van der Waals surface area contributed by atoms with E-state index in [4.69, 9.17) is 15.9 Å². The zero-order valence-corrected chi connectivity index (χ0v) is 11.2. The van der Waals surface area contributed by atoms with Gasteiger partial charge in [-0.15, -0.1) is 0 Å². The number of amidine groups is 1. The Balaban J connectivity index is 1.99. The van der Waals surface area contributed by atoms with E-state index < -0.39 is 0 Å². The third-order valence-electron chi connectivity index (χ3n) is 2.83. The Labute approximate surface area is 114 Å². The molecule has 0 atom stereocenters. The van der Waals surface area contributed by atoms with Gasteiger partial charge in [0.05, 0.1) is 18.0 Å². The molecule has 0 aliphatic rings. The molecule has 0 unspecified atom stereocenters. The first-order valence-corrected chi connectivity index (χ1v) is 6.75. The molecule has 0 saturated heterocycles. The number of unbranched alkanes of at least 4 members (excludes halogenated alkanes) is 4. The van der Waals surface area contributed by atoms with Crippen molar-refractivity contribution in [2.75, 3.05) is 6.61 Å². The van der Waals surface area contributed by atoms with Crippen molar-refractivity contribution in [3.05, 3.63) is 35.9 Å². The van der Waals surface area contributed by atoms with Gasteiger partial charge < -0.3 is 10.5 Å². The number of benzene rings is 1. The molecule has 104 valence electrons. The SMILES string of the molecule is N=C(N)CCCCCCCOC(=O)c1ccccc1. The van der Waals surface area contributed by atoms with Crippen LogP contribution in [0.2, 0.25) is 0 Å². The summed E-state index contributed by atoms with van der Waals surface area (Å²) >= 11 is 0. The van der Waals surface area contributed by atoms with Crippen molar-refractivity contribution < 1.29 is 9.53 Å². The monoisotopic (exact) mass is 262 g/mol. The van der Waals surface area contributed by atoms with Crippen molar-refractivity contribution in [2.24, 2.45) is 5.73 Å². The second kappa shape index (κ2) is 9.14. The van der Waals surface area contributed by atoms with Crippen molar-refractivity contribution >= 4 is 11.8 Å². The van der Waals surface area contributed by atoms with Gasteiger partial charge in [-0.1, -0.05) is 37.5 Å². The molecule has 0 aliphatic carbocycles. The highest BCUT2D eigenvalue weighted by Crippen LogP contribution is 2.06. The number of hydrogen-bond donors (Lipinski definition) is 2. The Morgan fingerprint density at radius 1 is 1.05 bits per heavy atom. The minimum Gasteiger partial charge on any atom is -0.462 e. The quantitative estimate of drug-likeness (QED) is 0.311. The fraction of sp³-hybridized carbons (Fsp3) is 0.467. The number of rotatable bonds is 9. The summed E-state index contributed by atoms with van der Waals surface area (Å²) < 4.78 is 5.18. The number of hydrogen-bond acceptors (Lipinski definition) is 3. The molecule has 0 spiro atoms. The van der Waals surface area contributed by atoms with Crippen LogP contribution in [0.1, 0.15) is 48.9 Å². The summed E-state index contributed by atoms with van der Waals surface area (Å²) in [7, 11) is 0. The summed E-state index contributed by atoms with van der Waals surface area (Å²) in [6, 6.07) is 9.03. The molecule has 0 radical (unpaired) electrons. The predicted octanol–water partition coefficient (Wildman–Crippen LogP) is 3.12. The lowest BCUT2D eigenvalue weighted by molar-refractivity contribution is 0.0497. The maximum atomic E-state index is 11.6. The number of nitrogens with two attached hydrogens (primary N) is 1. The highest BCUT2D eigenvalue weighted by Gasteiger charge is 2.04. The van der Waals surface area contributed by atoms with Crippen LogP contribution in [0.4, 0.5) is 0 Å². The summed E-state index contributed by atoms with van der Waals surface area (Å²) in [5, 5.41) is 7.09. The molecule has 0 heterocycles. The van der Waals surface area contributed by atoms with Gasteiger partial charge in [0.15, 0.2) is 0 Å². The summed E-state index contributed by atoms with van der Waals surface area (Å²) in [5.74, 6) is 0.00831. The predicted molar refractivity (Wildman–Crippen MR) is 76.3 cm³/mol. The minimum absolute atomic E-state index is 0.253. The summed E-state index contributed by atoms with van der Waals surface area (Å²) in [4.78, 5) is 11.6. The Kier molecular flexibility index (Phi) is 7.32. The fourth-order valence-electron chi connectivity index (χ4n) is 1.77. The van der Waals surface area contributed by atoms with E-state index >= 15 is 0 Å². The molecule has 4 nitrogen and oxygen atoms in total. The Morgan fingerprint density at radius 3 is 2.37 bits per heavy atom. The Bertz CT molecular complexity index is 390. The molecule has 4 heteroatoms. The molecular weight excluding hydrogens is 240 g/mol. The van der Waals surface area contributed by atoms with Gasteiger partial charge in [0.25, 0.3) is 0 Å². The zero-order valence-electron chi connectivity index (χ0n) is 11.2. The van der Waals surface area contributed by atoms with Crippen molar-refractivity contribution in [2.45, 2.75) is 38.5 Å². The van der Waals surface area contributed by atoms with Crippen molar-refractivity contribution in [3.8, 4) is 0 Å². The van der Waals surface area contributed by atoms with Gasteiger partial charge >= 0.3 is 5.97 Å². The largest absolute Gasteiger partial charge is 0.462 e. The summed E-state index contributed by atoms with van der Waals surface area (Å²) in [6.45, 7) is 0.473. The van der Waals surface area contributed by atoms with Gasteiger partial charge in [-0.05, 0) is 25.0 Å². The average molecular weight is 262 g/mol. The van der Waals surface area contributed by atoms with Crippen LogP contribution in [0.5, 0.6) is 0 Å². The number of carbonyl (C=O) groups excluding carboxylic acids is 1. The number of esters is 1. The standard InChI is InChI=1S/C15H22N2O2/c16-14(17)11-7-2-1-3-8-12-19-15(18)13-9-5-4-6-10-13/h4-6,9-10H,1-3,7-8,11-12H2,(H3,16,17). The number of carbonyl (C=O) groups is 1. The van der Waals surface area contributed by atoms with E-state index in [1.807, 2.05) is 18.2 Å². The second-order valence-electron chi connectivity index (χ2n) is 4.54. The van der Waals surface area contributed by atoms with Gasteiger partial charge in [-0.25, -0.2) is 4.79 Å². The Hall–Kier alpha value is -1.84. The normalized spacial score (nSPS) is 10.1. The minimum atomic E-state index is -0.253. The van der Waals surface area contributed by atoms with E-state index in [0.717, 1.165) is 32.1 Å². The molecule has 0 amide bonds. The molecule has 1 aromatic rings. The molecule has 0 aliphatic heterocycles. The third kappa shape index (κ3) is 7.24. The molecule has 0 fully saturated rings. The maximum Gasteiger partial charge on any atom is 0.338 e.